The first kappa shape index (κ1) is 21.8. The molecule has 1 amide bonds. The fourth-order valence-electron chi connectivity index (χ4n) is 3.66. The zero-order valence-corrected chi connectivity index (χ0v) is 18.7. The maximum atomic E-state index is 13.1. The van der Waals surface area contributed by atoms with E-state index in [0.29, 0.717) is 41.3 Å². The molecule has 4 rings (SSSR count). The summed E-state index contributed by atoms with van der Waals surface area (Å²) in [6, 6.07) is 7.22. The largest absolute Gasteiger partial charge is 0.493 e. The van der Waals surface area contributed by atoms with Crippen molar-refractivity contribution in [1.82, 2.24) is 10.1 Å². The van der Waals surface area contributed by atoms with E-state index in [1.54, 1.807) is 4.90 Å². The van der Waals surface area contributed by atoms with Crippen LogP contribution in [-0.2, 0) is 10.0 Å². The van der Waals surface area contributed by atoms with Crippen molar-refractivity contribution in [3.8, 4) is 17.2 Å². The monoisotopic (exact) mass is 461 g/mol. The maximum absolute atomic E-state index is 13.1. The van der Waals surface area contributed by atoms with Gasteiger partial charge in [0.2, 0.25) is 5.75 Å². The van der Waals surface area contributed by atoms with E-state index in [2.05, 4.69) is 9.88 Å². The highest BCUT2D eigenvalue weighted by Crippen LogP contribution is 2.40. The molecular formula is C21H23N3O7S. The topological polar surface area (TPSA) is 120 Å². The highest BCUT2D eigenvalue weighted by atomic mass is 32.2. The molecule has 0 bridgehead atoms. The Morgan fingerprint density at radius 2 is 1.69 bits per heavy atom. The van der Waals surface area contributed by atoms with Crippen molar-refractivity contribution in [2.75, 3.05) is 39.1 Å². The van der Waals surface area contributed by atoms with Crippen molar-refractivity contribution in [3.05, 3.63) is 36.0 Å². The fourth-order valence-corrected chi connectivity index (χ4v) is 4.73. The summed E-state index contributed by atoms with van der Waals surface area (Å²) in [6.07, 6.45) is 1.86. The van der Waals surface area contributed by atoms with Gasteiger partial charge in [-0.25, -0.2) is 8.42 Å². The molecule has 0 saturated carbocycles. The fraction of sp³-hybridized carbons (Fsp3) is 0.333. The quantitative estimate of drug-likeness (QED) is 0.570. The molecule has 1 aliphatic heterocycles. The van der Waals surface area contributed by atoms with Gasteiger partial charge in [0.1, 0.15) is 0 Å². The minimum Gasteiger partial charge on any atom is -0.493 e. The van der Waals surface area contributed by atoms with Crippen LogP contribution in [0.5, 0.6) is 17.2 Å². The Labute approximate surface area is 185 Å². The highest BCUT2D eigenvalue weighted by molar-refractivity contribution is 7.92. The van der Waals surface area contributed by atoms with Crippen LogP contribution in [0.2, 0.25) is 0 Å². The molecule has 1 fully saturated rings. The molecule has 1 aromatic heterocycles. The second-order valence-corrected chi connectivity index (χ2v) is 8.89. The molecule has 0 atom stereocenters. The standard InChI is InChI=1S/C21H23N3O7S/c1-28-17-10-13(11-18(29-2)20(17)30-3)23-32(26,27)14-6-7-16-15(12-14)19(22-31-16)21(25)24-8-4-5-9-24/h6-7,10-12,23H,4-5,8-9H2,1-3H3. The first-order valence-corrected chi connectivity index (χ1v) is 11.4. The lowest BCUT2D eigenvalue weighted by Crippen LogP contribution is -2.28. The summed E-state index contributed by atoms with van der Waals surface area (Å²) >= 11 is 0. The van der Waals surface area contributed by atoms with Gasteiger partial charge in [0.05, 0.1) is 37.3 Å². The highest BCUT2D eigenvalue weighted by Gasteiger charge is 2.26. The van der Waals surface area contributed by atoms with E-state index in [9.17, 15) is 13.2 Å². The lowest BCUT2D eigenvalue weighted by molar-refractivity contribution is 0.0784. The van der Waals surface area contributed by atoms with Crippen molar-refractivity contribution in [3.63, 3.8) is 0 Å². The number of amides is 1. The summed E-state index contributed by atoms with van der Waals surface area (Å²) in [6.45, 7) is 1.29. The number of fused-ring (bicyclic) bond motifs is 1. The van der Waals surface area contributed by atoms with Crippen LogP contribution in [-0.4, -0.2) is 58.8 Å². The minimum atomic E-state index is -4.01. The molecule has 3 aromatic rings. The number of ether oxygens (including phenoxy) is 3. The lowest BCUT2D eigenvalue weighted by atomic mass is 10.2. The number of nitrogens with zero attached hydrogens (tertiary/aromatic N) is 2. The zero-order valence-electron chi connectivity index (χ0n) is 17.9. The molecule has 11 heteroatoms. The van der Waals surface area contributed by atoms with Gasteiger partial charge in [0.15, 0.2) is 22.8 Å². The number of carbonyl (C=O) groups is 1. The first-order chi connectivity index (χ1) is 15.4. The van der Waals surface area contributed by atoms with Gasteiger partial charge in [-0.05, 0) is 31.0 Å². The number of hydrogen-bond donors (Lipinski definition) is 1. The SMILES string of the molecule is COc1cc(NS(=O)(=O)c2ccc3onc(C(=O)N4CCCC4)c3c2)cc(OC)c1OC. The van der Waals surface area contributed by atoms with Crippen molar-refractivity contribution < 1.29 is 31.9 Å². The Morgan fingerprint density at radius 3 is 2.28 bits per heavy atom. The van der Waals surface area contributed by atoms with Gasteiger partial charge in [-0.1, -0.05) is 5.16 Å². The van der Waals surface area contributed by atoms with Gasteiger partial charge >= 0.3 is 0 Å². The number of aromatic nitrogens is 1. The summed E-state index contributed by atoms with van der Waals surface area (Å²) in [5.74, 6) is 0.678. The number of benzene rings is 2. The molecule has 2 aromatic carbocycles. The van der Waals surface area contributed by atoms with E-state index in [4.69, 9.17) is 18.7 Å². The molecule has 2 heterocycles. The molecule has 170 valence electrons. The van der Waals surface area contributed by atoms with E-state index >= 15 is 0 Å². The van der Waals surface area contributed by atoms with Gasteiger partial charge in [0, 0.05) is 25.2 Å². The number of sulfonamides is 1. The molecule has 0 unspecified atom stereocenters. The third-order valence-corrected chi connectivity index (χ3v) is 6.64. The molecule has 10 nitrogen and oxygen atoms in total. The van der Waals surface area contributed by atoms with Crippen LogP contribution in [0.4, 0.5) is 5.69 Å². The van der Waals surface area contributed by atoms with E-state index in [1.165, 1.54) is 51.7 Å². The van der Waals surface area contributed by atoms with Gasteiger partial charge in [0.25, 0.3) is 15.9 Å². The summed E-state index contributed by atoms with van der Waals surface area (Å²) in [5.41, 5.74) is 0.657. The average Bonchev–Trinajstić information content (AvgIpc) is 3.47. The van der Waals surface area contributed by atoms with Crippen molar-refractivity contribution >= 4 is 32.6 Å². The number of carbonyl (C=O) groups excluding carboxylic acids is 1. The van der Waals surface area contributed by atoms with Gasteiger partial charge in [-0.2, -0.15) is 0 Å². The zero-order chi connectivity index (χ0) is 22.9. The smallest absolute Gasteiger partial charge is 0.276 e. The Morgan fingerprint density at radius 1 is 1.03 bits per heavy atom. The third kappa shape index (κ3) is 3.91. The predicted octanol–water partition coefficient (Wildman–Crippen LogP) is 2.89. The third-order valence-electron chi connectivity index (χ3n) is 5.26. The van der Waals surface area contributed by atoms with Crippen LogP contribution < -0.4 is 18.9 Å². The molecule has 32 heavy (non-hydrogen) atoms. The van der Waals surface area contributed by atoms with Crippen LogP contribution in [0.15, 0.2) is 39.8 Å². The van der Waals surface area contributed by atoms with E-state index in [-0.39, 0.29) is 22.2 Å². The van der Waals surface area contributed by atoms with Crippen LogP contribution in [0.1, 0.15) is 23.3 Å². The average molecular weight is 461 g/mol. The Hall–Kier alpha value is -3.47. The Balaban J connectivity index is 1.69. The second kappa shape index (κ2) is 8.58. The van der Waals surface area contributed by atoms with Crippen LogP contribution >= 0.6 is 0 Å². The normalized spacial score (nSPS) is 13.9. The van der Waals surface area contributed by atoms with Crippen molar-refractivity contribution in [2.45, 2.75) is 17.7 Å². The predicted molar refractivity (Wildman–Crippen MR) is 116 cm³/mol. The molecule has 0 aliphatic carbocycles. The van der Waals surface area contributed by atoms with Gasteiger partial charge in [-0.15, -0.1) is 0 Å². The number of hydrogen-bond acceptors (Lipinski definition) is 8. The summed E-state index contributed by atoms with van der Waals surface area (Å²) in [4.78, 5) is 14.4. The van der Waals surface area contributed by atoms with Gasteiger partial charge < -0.3 is 23.6 Å². The molecule has 0 spiro atoms. The minimum absolute atomic E-state index is 0.0441. The summed E-state index contributed by atoms with van der Waals surface area (Å²) in [5, 5.41) is 4.23. The van der Waals surface area contributed by atoms with E-state index in [1.807, 2.05) is 0 Å². The van der Waals surface area contributed by atoms with Crippen LogP contribution in [0.25, 0.3) is 11.0 Å². The number of likely N-dealkylation sites (tertiary alicyclic amines) is 1. The van der Waals surface area contributed by atoms with Crippen LogP contribution in [0.3, 0.4) is 0 Å². The molecule has 1 aliphatic rings. The number of nitrogens with one attached hydrogen (secondary N) is 1. The molecule has 1 saturated heterocycles. The van der Waals surface area contributed by atoms with Crippen molar-refractivity contribution in [1.29, 1.82) is 0 Å². The molecule has 0 radical (unpaired) electrons. The summed E-state index contributed by atoms with van der Waals surface area (Å²) < 4.78 is 49.7. The number of anilines is 1. The summed E-state index contributed by atoms with van der Waals surface area (Å²) in [7, 11) is 0.325. The maximum Gasteiger partial charge on any atom is 0.276 e. The van der Waals surface area contributed by atoms with Crippen LogP contribution in [0, 0.1) is 0 Å². The number of rotatable bonds is 7. The lowest BCUT2D eigenvalue weighted by Gasteiger charge is -2.15. The van der Waals surface area contributed by atoms with Gasteiger partial charge in [-0.3, -0.25) is 9.52 Å². The first-order valence-electron chi connectivity index (χ1n) is 9.89. The van der Waals surface area contributed by atoms with Crippen molar-refractivity contribution in [2.24, 2.45) is 0 Å². The number of methoxy groups -OCH3 is 3. The Kier molecular flexibility index (Phi) is 5.83. The molecule has 1 N–H and O–H groups in total. The second-order valence-electron chi connectivity index (χ2n) is 7.21. The van der Waals surface area contributed by atoms with E-state index in [0.717, 1.165) is 12.8 Å². The Bertz CT molecular complexity index is 1240. The van der Waals surface area contributed by atoms with E-state index < -0.39 is 10.0 Å². The molecular weight excluding hydrogens is 438 g/mol.